The van der Waals surface area contributed by atoms with E-state index in [0.717, 1.165) is 4.90 Å². The van der Waals surface area contributed by atoms with Gasteiger partial charge in [0.2, 0.25) is 35.4 Å². The topological polar surface area (TPSA) is 241 Å². The van der Waals surface area contributed by atoms with Crippen LogP contribution in [0.3, 0.4) is 0 Å². The number of nitrogens with zero attached hydrogens (tertiary/aromatic N) is 3. The van der Waals surface area contributed by atoms with Crippen molar-refractivity contribution < 1.29 is 62.0 Å². The number of hydrogen-bond donors (Lipinski definition) is 4. The smallest absolute Gasteiger partial charge is 0.407 e. The molecule has 20 nitrogen and oxygen atoms in total. The number of cyclic esters (lactones) is 1. The van der Waals surface area contributed by atoms with Crippen LogP contribution in [0.25, 0.3) is 0 Å². The van der Waals surface area contributed by atoms with E-state index in [0.29, 0.717) is 45.3 Å². The van der Waals surface area contributed by atoms with Gasteiger partial charge in [0.05, 0.1) is 14.2 Å². The van der Waals surface area contributed by atoms with Crippen molar-refractivity contribution in [1.82, 2.24) is 36.0 Å². The average molecular weight is 978 g/mol. The molecule has 376 valence electrons. The Balaban J connectivity index is 1.35. The molecule has 3 aliphatic rings. The quantitative estimate of drug-likeness (QED) is 0.176. The lowest BCUT2D eigenvalue weighted by Gasteiger charge is -2.36. The Kier molecular flexibility index (Phi) is 17.6. The summed E-state index contributed by atoms with van der Waals surface area (Å²) in [4.78, 5) is 116. The highest BCUT2D eigenvalue weighted by atomic mass is 16.6. The molecule has 0 aliphatic carbocycles. The molecule has 0 saturated carbocycles. The first-order valence-electron chi connectivity index (χ1n) is 22.8. The summed E-state index contributed by atoms with van der Waals surface area (Å²) in [7, 11) is 7.12. The predicted molar refractivity (Wildman–Crippen MR) is 256 cm³/mol. The number of esters is 1. The van der Waals surface area contributed by atoms with Crippen LogP contribution in [0.15, 0.2) is 97.1 Å². The van der Waals surface area contributed by atoms with E-state index in [1.54, 1.807) is 97.1 Å². The Morgan fingerprint density at radius 2 is 1.34 bits per heavy atom. The molecule has 4 N–H and O–H groups in total. The molecule has 4 aromatic carbocycles. The van der Waals surface area contributed by atoms with Gasteiger partial charge < -0.3 is 59.7 Å². The van der Waals surface area contributed by atoms with Crippen molar-refractivity contribution in [2.24, 2.45) is 0 Å². The second-order valence-electron chi connectivity index (χ2n) is 17.2. The minimum absolute atomic E-state index is 0.0210. The van der Waals surface area contributed by atoms with Gasteiger partial charge in [-0.05, 0) is 72.5 Å². The maximum Gasteiger partial charge on any atom is 0.407 e. The Hall–Kier alpha value is -8.16. The Morgan fingerprint density at radius 3 is 2.01 bits per heavy atom. The van der Waals surface area contributed by atoms with Crippen LogP contribution in [-0.2, 0) is 68.9 Å². The van der Waals surface area contributed by atoms with E-state index in [1.807, 2.05) is 0 Å². The lowest BCUT2D eigenvalue weighted by molar-refractivity contribution is -0.152. The van der Waals surface area contributed by atoms with Crippen LogP contribution in [0, 0.1) is 0 Å². The van der Waals surface area contributed by atoms with E-state index in [2.05, 4.69) is 21.3 Å². The fourth-order valence-electron chi connectivity index (χ4n) is 8.00. The average Bonchev–Trinajstić information content (AvgIpc) is 3.37. The third-order valence-electron chi connectivity index (χ3n) is 12.2. The molecule has 1 fully saturated rings. The van der Waals surface area contributed by atoms with Crippen LogP contribution in [0.4, 0.5) is 4.79 Å². The second-order valence-corrected chi connectivity index (χ2v) is 17.2. The first kappa shape index (κ1) is 52.2. The van der Waals surface area contributed by atoms with Gasteiger partial charge in [0, 0.05) is 40.4 Å². The molecule has 0 unspecified atom stereocenters. The molecule has 71 heavy (non-hydrogen) atoms. The van der Waals surface area contributed by atoms with Gasteiger partial charge in [0.1, 0.15) is 67.5 Å². The summed E-state index contributed by atoms with van der Waals surface area (Å²) in [6.45, 7) is 1.25. The Labute approximate surface area is 411 Å². The number of methoxy groups -OCH3 is 2. The van der Waals surface area contributed by atoms with Crippen LogP contribution >= 0.6 is 0 Å². The molecule has 3 heterocycles. The van der Waals surface area contributed by atoms with Gasteiger partial charge in [-0.25, -0.2) is 9.59 Å². The molecule has 0 spiro atoms. The molecular formula is C51H59N7O13. The van der Waals surface area contributed by atoms with E-state index < -0.39 is 96.9 Å². The fourth-order valence-corrected chi connectivity index (χ4v) is 8.00. The SMILES string of the molecule is COc1ccc(C[C@H]2C(=O)N[C@@H](C)C(=O)N(C)[C@H]3Cc4ccc(cc4)Oc4cc(ccc4OC)C[C@@H](C(=O)N[C@H](C)C(=O)OC[C@H](NC(=O)CNC(=O)OCc4ccccc4)C(=O)N2C)N(C)C3=O)cc1. The van der Waals surface area contributed by atoms with Crippen LogP contribution in [-0.4, -0.2) is 147 Å². The number of amides is 7. The number of nitrogens with one attached hydrogen (secondary N) is 4. The summed E-state index contributed by atoms with van der Waals surface area (Å²) in [5.41, 5.74) is 2.46. The number of fused-ring (bicyclic) bond motifs is 2. The van der Waals surface area contributed by atoms with Gasteiger partial charge in [-0.3, -0.25) is 28.8 Å². The summed E-state index contributed by atoms with van der Waals surface area (Å²) < 4.78 is 27.9. The molecule has 0 aromatic heterocycles. The van der Waals surface area contributed by atoms with Crippen molar-refractivity contribution >= 4 is 47.5 Å². The lowest BCUT2D eigenvalue weighted by atomic mass is 9.99. The zero-order chi connectivity index (χ0) is 51.4. The molecule has 1 saturated heterocycles. The second kappa shape index (κ2) is 23.9. The first-order valence-corrected chi connectivity index (χ1v) is 22.8. The normalized spacial score (nSPS) is 21.5. The summed E-state index contributed by atoms with van der Waals surface area (Å²) in [5, 5.41) is 10.2. The summed E-state index contributed by atoms with van der Waals surface area (Å²) in [5.74, 6) is -3.91. The van der Waals surface area contributed by atoms with Crippen molar-refractivity contribution in [3.05, 3.63) is 119 Å². The van der Waals surface area contributed by atoms with Crippen molar-refractivity contribution in [2.75, 3.05) is 48.5 Å². The third kappa shape index (κ3) is 13.5. The molecular weight excluding hydrogens is 919 g/mol. The Bertz CT molecular complexity index is 2580. The van der Waals surface area contributed by atoms with E-state index >= 15 is 0 Å². The zero-order valence-corrected chi connectivity index (χ0v) is 40.6. The molecule has 0 radical (unpaired) electrons. The van der Waals surface area contributed by atoms with E-state index in [-0.39, 0.29) is 25.9 Å². The van der Waals surface area contributed by atoms with Gasteiger partial charge in [-0.15, -0.1) is 0 Å². The summed E-state index contributed by atoms with van der Waals surface area (Å²) in [6, 6.07) is 19.3. The number of hydrogen-bond acceptors (Lipinski definition) is 13. The lowest BCUT2D eigenvalue weighted by Crippen LogP contribution is -2.60. The predicted octanol–water partition coefficient (Wildman–Crippen LogP) is 2.30. The monoisotopic (exact) mass is 977 g/mol. The molecule has 7 amide bonds. The van der Waals surface area contributed by atoms with Crippen LogP contribution < -0.4 is 35.5 Å². The van der Waals surface area contributed by atoms with E-state index in [1.165, 1.54) is 59.0 Å². The van der Waals surface area contributed by atoms with Crippen LogP contribution in [0.1, 0.15) is 36.1 Å². The number of rotatable bonds is 9. The number of alkyl carbamates (subject to hydrolysis) is 1. The number of benzene rings is 4. The summed E-state index contributed by atoms with van der Waals surface area (Å²) in [6.07, 6.45) is -1.14. The molecule has 6 atom stereocenters. The van der Waals surface area contributed by atoms with Crippen molar-refractivity contribution in [3.8, 4) is 23.0 Å². The zero-order valence-electron chi connectivity index (χ0n) is 40.6. The molecule has 7 rings (SSSR count). The van der Waals surface area contributed by atoms with Crippen molar-refractivity contribution in [3.63, 3.8) is 0 Å². The standard InChI is InChI=1S/C51H59N7O13/c1-30-47(62)58(5)41-24-33-15-20-37(21-16-33)71-43-26-35(17-22-42(43)68-7)25-40(57(4)49(41)64)46(61)54-31(2)50(65)69-29-38(55-44(59)27-52-51(66)70-28-34-11-9-8-10-12-34)48(63)56(3)39(45(60)53-30)23-32-13-18-36(67-6)19-14-32/h8-22,26,30-31,38-41H,23-25,27-29H2,1-7H3,(H,52,66)(H,53,60)(H,54,61)(H,55,59)/t30-,31+,38-,39-,40-,41-/m0/s1. The molecule has 3 aliphatic heterocycles. The third-order valence-corrected chi connectivity index (χ3v) is 12.2. The van der Waals surface area contributed by atoms with E-state index in [4.69, 9.17) is 23.7 Å². The molecule has 6 bridgehead atoms. The van der Waals surface area contributed by atoms with Gasteiger partial charge >= 0.3 is 12.1 Å². The largest absolute Gasteiger partial charge is 0.497 e. The minimum atomic E-state index is -1.65. The molecule has 20 heteroatoms. The Morgan fingerprint density at radius 1 is 0.690 bits per heavy atom. The maximum absolute atomic E-state index is 14.9. The highest BCUT2D eigenvalue weighted by molar-refractivity contribution is 5.97. The van der Waals surface area contributed by atoms with Gasteiger partial charge in [-0.1, -0.05) is 60.7 Å². The van der Waals surface area contributed by atoms with Gasteiger partial charge in [0.15, 0.2) is 11.5 Å². The number of likely N-dealkylation sites (N-methyl/N-ethyl adjacent to an activating group) is 3. The number of carbonyl (C=O) groups is 8. The van der Waals surface area contributed by atoms with Gasteiger partial charge in [-0.2, -0.15) is 0 Å². The van der Waals surface area contributed by atoms with E-state index in [9.17, 15) is 38.4 Å². The first-order chi connectivity index (χ1) is 34.0. The fraction of sp³-hybridized carbons (Fsp3) is 0.373. The minimum Gasteiger partial charge on any atom is -0.497 e. The highest BCUT2D eigenvalue weighted by Crippen LogP contribution is 2.34. The molecule has 4 aromatic rings. The van der Waals surface area contributed by atoms with Crippen molar-refractivity contribution in [1.29, 1.82) is 0 Å². The number of ether oxygens (including phenoxy) is 5. The van der Waals surface area contributed by atoms with Crippen LogP contribution in [0.2, 0.25) is 0 Å². The van der Waals surface area contributed by atoms with Crippen molar-refractivity contribution in [2.45, 2.75) is 76.0 Å². The number of carbonyl (C=O) groups excluding carboxylic acids is 8. The van der Waals surface area contributed by atoms with Crippen LogP contribution in [0.5, 0.6) is 23.0 Å². The highest BCUT2D eigenvalue weighted by Gasteiger charge is 2.40. The maximum atomic E-state index is 14.9. The van der Waals surface area contributed by atoms with Gasteiger partial charge in [0.25, 0.3) is 0 Å². The summed E-state index contributed by atoms with van der Waals surface area (Å²) >= 11 is 0.